The molecule has 1 aromatic carbocycles. The SMILES string of the molecule is CC(C)(C)NCC(O)COc1ccc(OCCO)c2c1CCC(=O)N2. The normalized spacial score (nSPS) is 15.3. The van der Waals surface area contributed by atoms with Crippen LogP contribution in [0.15, 0.2) is 12.1 Å². The molecule has 0 radical (unpaired) electrons. The Labute approximate surface area is 148 Å². The van der Waals surface area contributed by atoms with Crippen molar-refractivity contribution in [3.05, 3.63) is 17.7 Å². The molecule has 7 nitrogen and oxygen atoms in total. The number of carbonyl (C=O) groups excluding carboxylic acids is 1. The standard InChI is InChI=1S/C18H28N2O5/c1-18(2,3)19-10-12(22)11-25-14-5-6-15(24-9-8-21)17-13(14)4-7-16(23)20-17/h5-6,12,19,21-22H,4,7-11H2,1-3H3,(H,20,23). The van der Waals surface area contributed by atoms with Gasteiger partial charge < -0.3 is 30.3 Å². The fourth-order valence-corrected chi connectivity index (χ4v) is 2.51. The van der Waals surface area contributed by atoms with Crippen molar-refractivity contribution < 1.29 is 24.5 Å². The number of ether oxygens (including phenoxy) is 2. The largest absolute Gasteiger partial charge is 0.490 e. The fourth-order valence-electron chi connectivity index (χ4n) is 2.51. The fraction of sp³-hybridized carbons (Fsp3) is 0.611. The highest BCUT2D eigenvalue weighted by atomic mass is 16.5. The summed E-state index contributed by atoms with van der Waals surface area (Å²) >= 11 is 0. The Morgan fingerprint density at radius 1 is 1.24 bits per heavy atom. The molecule has 25 heavy (non-hydrogen) atoms. The molecule has 0 aromatic heterocycles. The Morgan fingerprint density at radius 3 is 2.64 bits per heavy atom. The van der Waals surface area contributed by atoms with E-state index in [1.165, 1.54) is 0 Å². The lowest BCUT2D eigenvalue weighted by molar-refractivity contribution is -0.116. The molecule has 1 unspecified atom stereocenters. The first kappa shape index (κ1) is 19.5. The monoisotopic (exact) mass is 352 g/mol. The highest BCUT2D eigenvalue weighted by Gasteiger charge is 2.23. The molecule has 1 heterocycles. The van der Waals surface area contributed by atoms with Crippen LogP contribution in [-0.2, 0) is 11.2 Å². The molecule has 1 aromatic rings. The molecule has 0 aliphatic carbocycles. The molecule has 140 valence electrons. The van der Waals surface area contributed by atoms with Crippen molar-refractivity contribution in [2.45, 2.75) is 45.3 Å². The third-order valence-electron chi connectivity index (χ3n) is 3.75. The summed E-state index contributed by atoms with van der Waals surface area (Å²) in [6.45, 7) is 6.73. The predicted molar refractivity (Wildman–Crippen MR) is 95.2 cm³/mol. The smallest absolute Gasteiger partial charge is 0.224 e. The van der Waals surface area contributed by atoms with Crippen molar-refractivity contribution in [1.29, 1.82) is 0 Å². The van der Waals surface area contributed by atoms with E-state index < -0.39 is 6.10 Å². The minimum absolute atomic E-state index is 0.0733. The number of aliphatic hydroxyl groups excluding tert-OH is 2. The van der Waals surface area contributed by atoms with Crippen LogP contribution in [-0.4, -0.2) is 54.1 Å². The number of anilines is 1. The highest BCUT2D eigenvalue weighted by molar-refractivity contribution is 5.96. The second-order valence-electron chi connectivity index (χ2n) is 7.13. The Hall–Kier alpha value is -1.83. The molecule has 0 bridgehead atoms. The average Bonchev–Trinajstić information content (AvgIpc) is 2.55. The summed E-state index contributed by atoms with van der Waals surface area (Å²) in [7, 11) is 0. The van der Waals surface area contributed by atoms with Crippen LogP contribution in [0.1, 0.15) is 32.8 Å². The molecular formula is C18H28N2O5. The van der Waals surface area contributed by atoms with Gasteiger partial charge in [-0.3, -0.25) is 4.79 Å². The molecule has 1 atom stereocenters. The molecule has 1 aliphatic heterocycles. The van der Waals surface area contributed by atoms with Crippen molar-refractivity contribution in [3.63, 3.8) is 0 Å². The predicted octanol–water partition coefficient (Wildman–Crippen LogP) is 1.07. The van der Waals surface area contributed by atoms with Gasteiger partial charge in [-0.2, -0.15) is 0 Å². The quantitative estimate of drug-likeness (QED) is 0.558. The minimum Gasteiger partial charge on any atom is -0.490 e. The molecule has 1 amide bonds. The van der Waals surface area contributed by atoms with Crippen LogP contribution >= 0.6 is 0 Å². The summed E-state index contributed by atoms with van der Waals surface area (Å²) in [5, 5.41) is 25.0. The van der Waals surface area contributed by atoms with Crippen LogP contribution in [0.3, 0.4) is 0 Å². The van der Waals surface area contributed by atoms with E-state index in [0.29, 0.717) is 36.6 Å². The molecule has 2 rings (SSSR count). The summed E-state index contributed by atoms with van der Waals surface area (Å²) in [4.78, 5) is 11.7. The minimum atomic E-state index is -0.640. The number of nitrogens with one attached hydrogen (secondary N) is 2. The third-order valence-corrected chi connectivity index (χ3v) is 3.75. The first-order valence-corrected chi connectivity index (χ1v) is 8.55. The van der Waals surface area contributed by atoms with E-state index in [0.717, 1.165) is 5.56 Å². The number of aliphatic hydroxyl groups is 2. The summed E-state index contributed by atoms with van der Waals surface area (Å²) in [6, 6.07) is 3.47. The zero-order valence-electron chi connectivity index (χ0n) is 15.1. The lowest BCUT2D eigenvalue weighted by Gasteiger charge is -2.25. The Kier molecular flexibility index (Phi) is 6.64. The van der Waals surface area contributed by atoms with Crippen LogP contribution in [0.5, 0.6) is 11.5 Å². The Bertz CT molecular complexity index is 598. The maximum atomic E-state index is 11.7. The number of β-amino-alcohol motifs (C(OH)–C–C–N with tert-alkyl or cyclic N) is 1. The van der Waals surface area contributed by atoms with Crippen molar-refractivity contribution in [2.24, 2.45) is 0 Å². The summed E-state index contributed by atoms with van der Waals surface area (Å²) in [5.41, 5.74) is 1.37. The zero-order chi connectivity index (χ0) is 18.4. The molecule has 0 saturated carbocycles. The van der Waals surface area contributed by atoms with Crippen molar-refractivity contribution in [1.82, 2.24) is 5.32 Å². The molecular weight excluding hydrogens is 324 g/mol. The van der Waals surface area contributed by atoms with E-state index in [1.54, 1.807) is 12.1 Å². The average molecular weight is 352 g/mol. The third kappa shape index (κ3) is 5.88. The molecule has 0 spiro atoms. The molecule has 0 saturated heterocycles. The number of hydrogen-bond donors (Lipinski definition) is 4. The lowest BCUT2D eigenvalue weighted by Crippen LogP contribution is -2.42. The van der Waals surface area contributed by atoms with E-state index >= 15 is 0 Å². The molecule has 7 heteroatoms. The van der Waals surface area contributed by atoms with Gasteiger partial charge in [0.05, 0.1) is 12.3 Å². The van der Waals surface area contributed by atoms with Gasteiger partial charge in [0.2, 0.25) is 5.91 Å². The lowest BCUT2D eigenvalue weighted by atomic mass is 10.0. The first-order chi connectivity index (χ1) is 11.8. The summed E-state index contributed by atoms with van der Waals surface area (Å²) in [5.74, 6) is 1.06. The maximum Gasteiger partial charge on any atom is 0.224 e. The van der Waals surface area contributed by atoms with Crippen LogP contribution in [0.2, 0.25) is 0 Å². The number of amides is 1. The van der Waals surface area contributed by atoms with Crippen molar-refractivity contribution in [2.75, 3.05) is 31.7 Å². The number of fused-ring (bicyclic) bond motifs is 1. The van der Waals surface area contributed by atoms with Gasteiger partial charge in [-0.05, 0) is 39.3 Å². The maximum absolute atomic E-state index is 11.7. The van der Waals surface area contributed by atoms with Gasteiger partial charge in [-0.25, -0.2) is 0 Å². The Morgan fingerprint density at radius 2 is 1.96 bits per heavy atom. The first-order valence-electron chi connectivity index (χ1n) is 8.55. The van der Waals surface area contributed by atoms with Gasteiger partial charge in [0, 0.05) is 24.1 Å². The van der Waals surface area contributed by atoms with Crippen LogP contribution in [0, 0.1) is 0 Å². The van der Waals surface area contributed by atoms with Gasteiger partial charge in [-0.1, -0.05) is 0 Å². The molecule has 1 aliphatic rings. The molecule has 0 fully saturated rings. The van der Waals surface area contributed by atoms with Gasteiger partial charge in [0.15, 0.2) is 0 Å². The Balaban J connectivity index is 2.06. The van der Waals surface area contributed by atoms with E-state index in [4.69, 9.17) is 14.6 Å². The molecule has 4 N–H and O–H groups in total. The highest BCUT2D eigenvalue weighted by Crippen LogP contribution is 2.38. The van der Waals surface area contributed by atoms with Crippen molar-refractivity contribution in [3.8, 4) is 11.5 Å². The van der Waals surface area contributed by atoms with Crippen LogP contribution in [0.25, 0.3) is 0 Å². The van der Waals surface area contributed by atoms with Gasteiger partial charge in [0.1, 0.15) is 30.8 Å². The number of benzene rings is 1. The number of hydrogen-bond acceptors (Lipinski definition) is 6. The zero-order valence-corrected chi connectivity index (χ0v) is 15.1. The van der Waals surface area contributed by atoms with Crippen LogP contribution in [0.4, 0.5) is 5.69 Å². The van der Waals surface area contributed by atoms with Gasteiger partial charge in [0.25, 0.3) is 0 Å². The van der Waals surface area contributed by atoms with E-state index in [2.05, 4.69) is 10.6 Å². The van der Waals surface area contributed by atoms with Gasteiger partial charge in [-0.15, -0.1) is 0 Å². The second-order valence-corrected chi connectivity index (χ2v) is 7.13. The number of carbonyl (C=O) groups is 1. The summed E-state index contributed by atoms with van der Waals surface area (Å²) in [6.07, 6.45) is 0.280. The van der Waals surface area contributed by atoms with E-state index in [1.807, 2.05) is 20.8 Å². The van der Waals surface area contributed by atoms with Gasteiger partial charge >= 0.3 is 0 Å². The second kappa shape index (κ2) is 8.51. The number of rotatable bonds is 8. The van der Waals surface area contributed by atoms with E-state index in [9.17, 15) is 9.90 Å². The topological polar surface area (TPSA) is 100 Å². The summed E-state index contributed by atoms with van der Waals surface area (Å²) < 4.78 is 11.3. The van der Waals surface area contributed by atoms with Crippen molar-refractivity contribution >= 4 is 11.6 Å². The van der Waals surface area contributed by atoms with E-state index in [-0.39, 0.29) is 31.3 Å². The van der Waals surface area contributed by atoms with Crippen LogP contribution < -0.4 is 20.1 Å².